The minimum Gasteiger partial charge on any atom is -0.340 e. The lowest BCUT2D eigenvalue weighted by molar-refractivity contribution is -0.133. The summed E-state index contributed by atoms with van der Waals surface area (Å²) in [5.74, 6) is 0.630. The number of carbonyl (C=O) groups excluding carboxylic acids is 1. The van der Waals surface area contributed by atoms with Crippen molar-refractivity contribution in [1.29, 1.82) is 0 Å². The van der Waals surface area contributed by atoms with Gasteiger partial charge in [0.1, 0.15) is 0 Å². The molecule has 0 atom stereocenters. The van der Waals surface area contributed by atoms with Gasteiger partial charge < -0.3 is 4.90 Å². The van der Waals surface area contributed by atoms with Crippen LogP contribution in [0.3, 0.4) is 0 Å². The fourth-order valence-corrected chi connectivity index (χ4v) is 4.41. The fraction of sp³-hybridized carbons (Fsp3) is 0.611. The Kier molecular flexibility index (Phi) is 6.80. The molecule has 0 radical (unpaired) electrons. The first kappa shape index (κ1) is 18.9. The number of aryl methyl sites for hydroxylation is 1. The second-order valence-electron chi connectivity index (χ2n) is 6.78. The Morgan fingerprint density at radius 3 is 2.29 bits per heavy atom. The van der Waals surface area contributed by atoms with Crippen LogP contribution in [-0.2, 0) is 21.2 Å². The highest BCUT2D eigenvalue weighted by atomic mass is 32.2. The maximum Gasteiger partial charge on any atom is 0.222 e. The zero-order valence-corrected chi connectivity index (χ0v) is 15.5. The zero-order valence-electron chi connectivity index (χ0n) is 14.6. The van der Waals surface area contributed by atoms with Gasteiger partial charge in [-0.1, -0.05) is 44.2 Å². The Labute approximate surface area is 145 Å². The average molecular weight is 353 g/mol. The van der Waals surface area contributed by atoms with Crippen LogP contribution in [0.25, 0.3) is 0 Å². The fourth-order valence-electron chi connectivity index (χ4n) is 2.93. The largest absolute Gasteiger partial charge is 0.340 e. The summed E-state index contributed by atoms with van der Waals surface area (Å²) in [6, 6.07) is 9.94. The summed E-state index contributed by atoms with van der Waals surface area (Å²) in [5.41, 5.74) is 1.16. The first-order chi connectivity index (χ1) is 11.4. The molecule has 0 aliphatic carbocycles. The van der Waals surface area contributed by atoms with Gasteiger partial charge in [0.25, 0.3) is 0 Å². The molecule has 1 aliphatic heterocycles. The van der Waals surface area contributed by atoms with Gasteiger partial charge in [-0.05, 0) is 24.3 Å². The number of piperazine rings is 1. The van der Waals surface area contributed by atoms with Gasteiger partial charge in [0.05, 0.1) is 5.75 Å². The molecule has 2 rings (SSSR count). The van der Waals surface area contributed by atoms with E-state index in [1.54, 1.807) is 4.90 Å². The molecule has 1 fully saturated rings. The van der Waals surface area contributed by atoms with E-state index in [-0.39, 0.29) is 11.7 Å². The van der Waals surface area contributed by atoms with E-state index in [0.29, 0.717) is 44.9 Å². The minimum atomic E-state index is -3.23. The number of benzene rings is 1. The van der Waals surface area contributed by atoms with Gasteiger partial charge in [-0.3, -0.25) is 4.79 Å². The van der Waals surface area contributed by atoms with Crippen molar-refractivity contribution in [2.45, 2.75) is 33.1 Å². The predicted octanol–water partition coefficient (Wildman–Crippen LogP) is 2.14. The second kappa shape index (κ2) is 8.62. The summed E-state index contributed by atoms with van der Waals surface area (Å²) in [4.78, 5) is 13.8. The van der Waals surface area contributed by atoms with Crippen molar-refractivity contribution < 1.29 is 13.2 Å². The van der Waals surface area contributed by atoms with Crippen molar-refractivity contribution in [2.75, 3.05) is 31.9 Å². The predicted molar refractivity (Wildman–Crippen MR) is 96.2 cm³/mol. The molecule has 134 valence electrons. The summed E-state index contributed by atoms with van der Waals surface area (Å²) in [5, 5.41) is 0. The minimum absolute atomic E-state index is 0.131. The maximum absolute atomic E-state index is 12.5. The van der Waals surface area contributed by atoms with Gasteiger partial charge in [-0.2, -0.15) is 4.31 Å². The number of sulfonamides is 1. The topological polar surface area (TPSA) is 57.7 Å². The van der Waals surface area contributed by atoms with Gasteiger partial charge in [0, 0.05) is 32.6 Å². The summed E-state index contributed by atoms with van der Waals surface area (Å²) in [7, 11) is -3.23. The monoisotopic (exact) mass is 352 g/mol. The van der Waals surface area contributed by atoms with Gasteiger partial charge in [-0.25, -0.2) is 8.42 Å². The molecule has 1 aromatic rings. The molecule has 1 aliphatic rings. The number of hydrogen-bond donors (Lipinski definition) is 0. The van der Waals surface area contributed by atoms with Crippen LogP contribution in [0, 0.1) is 5.92 Å². The summed E-state index contributed by atoms with van der Waals surface area (Å²) >= 11 is 0. The van der Waals surface area contributed by atoms with E-state index < -0.39 is 10.0 Å². The molecule has 6 heteroatoms. The number of carbonyl (C=O) groups is 1. The van der Waals surface area contributed by atoms with Crippen molar-refractivity contribution >= 4 is 15.9 Å². The highest BCUT2D eigenvalue weighted by Crippen LogP contribution is 2.13. The lowest BCUT2D eigenvalue weighted by Gasteiger charge is -2.34. The molecule has 0 saturated carbocycles. The third-order valence-electron chi connectivity index (χ3n) is 4.28. The van der Waals surface area contributed by atoms with Crippen LogP contribution in [0.4, 0.5) is 0 Å². The molecule has 0 N–H and O–H groups in total. The number of nitrogens with zero attached hydrogens (tertiary/aromatic N) is 2. The van der Waals surface area contributed by atoms with E-state index in [0.717, 1.165) is 12.0 Å². The lowest BCUT2D eigenvalue weighted by atomic mass is 10.1. The maximum atomic E-state index is 12.5. The van der Waals surface area contributed by atoms with Crippen LogP contribution in [0.1, 0.15) is 32.3 Å². The molecular formula is C18H28N2O3S. The average Bonchev–Trinajstić information content (AvgIpc) is 2.55. The summed E-state index contributed by atoms with van der Waals surface area (Å²) < 4.78 is 26.4. The molecule has 1 amide bonds. The second-order valence-corrected chi connectivity index (χ2v) is 8.87. The van der Waals surface area contributed by atoms with Crippen LogP contribution in [-0.4, -0.2) is 55.5 Å². The van der Waals surface area contributed by atoms with Crippen LogP contribution < -0.4 is 0 Å². The molecule has 0 aromatic heterocycles. The van der Waals surface area contributed by atoms with Crippen LogP contribution >= 0.6 is 0 Å². The molecule has 0 spiro atoms. The standard InChI is InChI=1S/C18H28N2O3S/c1-16(2)15-18(21)19-10-12-20(13-11-19)24(22,23)14-6-9-17-7-4-3-5-8-17/h3-5,7-8,16H,6,9-15H2,1-2H3. The van der Waals surface area contributed by atoms with E-state index in [9.17, 15) is 13.2 Å². The van der Waals surface area contributed by atoms with Crippen molar-refractivity contribution in [3.05, 3.63) is 35.9 Å². The molecule has 1 heterocycles. The van der Waals surface area contributed by atoms with Gasteiger partial charge >= 0.3 is 0 Å². The van der Waals surface area contributed by atoms with Gasteiger partial charge in [0.15, 0.2) is 0 Å². The van der Waals surface area contributed by atoms with E-state index in [1.807, 2.05) is 44.2 Å². The van der Waals surface area contributed by atoms with E-state index in [2.05, 4.69) is 0 Å². The Bertz CT molecular complexity index is 621. The number of hydrogen-bond acceptors (Lipinski definition) is 3. The van der Waals surface area contributed by atoms with Gasteiger partial charge in [-0.15, -0.1) is 0 Å². The SMILES string of the molecule is CC(C)CC(=O)N1CCN(S(=O)(=O)CCCc2ccccc2)CC1. The van der Waals surface area contributed by atoms with E-state index in [1.165, 1.54) is 4.31 Å². The molecule has 1 aromatic carbocycles. The summed E-state index contributed by atoms with van der Waals surface area (Å²) in [6.07, 6.45) is 1.93. The Morgan fingerprint density at radius 2 is 1.71 bits per heavy atom. The molecule has 0 bridgehead atoms. The van der Waals surface area contributed by atoms with E-state index >= 15 is 0 Å². The first-order valence-electron chi connectivity index (χ1n) is 8.68. The third-order valence-corrected chi connectivity index (χ3v) is 6.23. The van der Waals surface area contributed by atoms with Crippen LogP contribution in [0.2, 0.25) is 0 Å². The van der Waals surface area contributed by atoms with Crippen LogP contribution in [0.15, 0.2) is 30.3 Å². The molecule has 24 heavy (non-hydrogen) atoms. The molecule has 1 saturated heterocycles. The number of amides is 1. The highest BCUT2D eigenvalue weighted by molar-refractivity contribution is 7.89. The molecule has 5 nitrogen and oxygen atoms in total. The summed E-state index contributed by atoms with van der Waals surface area (Å²) in [6.45, 7) is 5.87. The normalized spacial score (nSPS) is 16.5. The van der Waals surface area contributed by atoms with Crippen molar-refractivity contribution in [3.63, 3.8) is 0 Å². The molecule has 0 unspecified atom stereocenters. The lowest BCUT2D eigenvalue weighted by Crippen LogP contribution is -2.51. The smallest absolute Gasteiger partial charge is 0.222 e. The Balaban J connectivity index is 1.78. The molecular weight excluding hydrogens is 324 g/mol. The third kappa shape index (κ3) is 5.60. The quantitative estimate of drug-likeness (QED) is 0.755. The number of rotatable bonds is 7. The zero-order chi connectivity index (χ0) is 17.6. The highest BCUT2D eigenvalue weighted by Gasteiger charge is 2.28. The van der Waals surface area contributed by atoms with Crippen LogP contribution in [0.5, 0.6) is 0 Å². The Hall–Kier alpha value is -1.40. The Morgan fingerprint density at radius 1 is 1.08 bits per heavy atom. The van der Waals surface area contributed by atoms with Crippen molar-refractivity contribution in [1.82, 2.24) is 9.21 Å². The van der Waals surface area contributed by atoms with Gasteiger partial charge in [0.2, 0.25) is 15.9 Å². The first-order valence-corrected chi connectivity index (χ1v) is 10.3. The van der Waals surface area contributed by atoms with Crippen molar-refractivity contribution in [3.8, 4) is 0 Å². The van der Waals surface area contributed by atoms with E-state index in [4.69, 9.17) is 0 Å². The van der Waals surface area contributed by atoms with Crippen molar-refractivity contribution in [2.24, 2.45) is 5.92 Å².